The van der Waals surface area contributed by atoms with Crippen LogP contribution in [0.15, 0.2) is 54.6 Å². The number of anilines is 2. The summed E-state index contributed by atoms with van der Waals surface area (Å²) in [6.45, 7) is 3.66. The standard InChI is InChI=1S/C23H26N4O/c1-2-15-27(16-14-21(28)24-18-8-4-3-5-9-18)23-19-10-6-7-11-20(19)25-22(26-23)17-12-13-17/h3-11,17H,2,12-16H2,1H3,(H,24,28). The summed E-state index contributed by atoms with van der Waals surface area (Å²) in [4.78, 5) is 24.4. The maximum absolute atomic E-state index is 12.4. The van der Waals surface area contributed by atoms with Gasteiger partial charge in [0.2, 0.25) is 5.91 Å². The van der Waals surface area contributed by atoms with Crippen molar-refractivity contribution >= 4 is 28.3 Å². The Bertz CT molecular complexity index is 953. The van der Waals surface area contributed by atoms with Gasteiger partial charge in [0.05, 0.1) is 5.52 Å². The van der Waals surface area contributed by atoms with Crippen LogP contribution in [0.2, 0.25) is 0 Å². The highest BCUT2D eigenvalue weighted by molar-refractivity contribution is 5.92. The number of fused-ring (bicyclic) bond motifs is 1. The molecule has 1 saturated carbocycles. The van der Waals surface area contributed by atoms with Crippen molar-refractivity contribution in [3.63, 3.8) is 0 Å². The van der Waals surface area contributed by atoms with Crippen LogP contribution >= 0.6 is 0 Å². The molecule has 1 N–H and O–H groups in total. The summed E-state index contributed by atoms with van der Waals surface area (Å²) < 4.78 is 0. The first-order chi connectivity index (χ1) is 13.7. The van der Waals surface area contributed by atoms with Gasteiger partial charge in [0.15, 0.2) is 0 Å². The highest BCUT2D eigenvalue weighted by Crippen LogP contribution is 2.39. The second-order valence-electron chi connectivity index (χ2n) is 7.35. The molecule has 5 nitrogen and oxygen atoms in total. The highest BCUT2D eigenvalue weighted by atomic mass is 16.1. The Balaban J connectivity index is 1.55. The van der Waals surface area contributed by atoms with Crippen molar-refractivity contribution in [2.75, 3.05) is 23.3 Å². The Morgan fingerprint density at radius 3 is 2.54 bits per heavy atom. The van der Waals surface area contributed by atoms with E-state index in [4.69, 9.17) is 9.97 Å². The molecular formula is C23H26N4O. The molecule has 0 radical (unpaired) electrons. The van der Waals surface area contributed by atoms with Crippen LogP contribution in [-0.2, 0) is 4.79 Å². The zero-order valence-electron chi connectivity index (χ0n) is 16.3. The van der Waals surface area contributed by atoms with Crippen molar-refractivity contribution in [2.45, 2.75) is 38.5 Å². The smallest absolute Gasteiger partial charge is 0.226 e. The normalized spacial score (nSPS) is 13.5. The van der Waals surface area contributed by atoms with E-state index in [1.54, 1.807) is 0 Å². The van der Waals surface area contributed by atoms with Crippen LogP contribution in [-0.4, -0.2) is 29.0 Å². The van der Waals surface area contributed by atoms with Gasteiger partial charge in [0.25, 0.3) is 0 Å². The molecule has 2 aromatic carbocycles. The molecule has 0 unspecified atom stereocenters. The molecule has 1 aromatic heterocycles. The zero-order valence-corrected chi connectivity index (χ0v) is 16.3. The molecule has 0 saturated heterocycles. The van der Waals surface area contributed by atoms with Gasteiger partial charge in [0.1, 0.15) is 11.6 Å². The van der Waals surface area contributed by atoms with Crippen LogP contribution in [0.1, 0.15) is 44.3 Å². The minimum atomic E-state index is 0.0214. The second-order valence-corrected chi connectivity index (χ2v) is 7.35. The number of rotatable bonds is 8. The minimum Gasteiger partial charge on any atom is -0.355 e. The van der Waals surface area contributed by atoms with E-state index in [0.29, 0.717) is 18.9 Å². The molecule has 28 heavy (non-hydrogen) atoms. The molecule has 5 heteroatoms. The first-order valence-corrected chi connectivity index (χ1v) is 10.1. The van der Waals surface area contributed by atoms with Crippen LogP contribution in [0.25, 0.3) is 10.9 Å². The third-order valence-electron chi connectivity index (χ3n) is 5.00. The van der Waals surface area contributed by atoms with Gasteiger partial charge in [-0.2, -0.15) is 0 Å². The van der Waals surface area contributed by atoms with Crippen molar-refractivity contribution in [1.29, 1.82) is 0 Å². The average molecular weight is 374 g/mol. The molecule has 144 valence electrons. The number of hydrogen-bond acceptors (Lipinski definition) is 4. The number of hydrogen-bond donors (Lipinski definition) is 1. The van der Waals surface area contributed by atoms with E-state index in [9.17, 15) is 4.79 Å². The van der Waals surface area contributed by atoms with Crippen LogP contribution in [0.3, 0.4) is 0 Å². The molecule has 0 spiro atoms. The lowest BCUT2D eigenvalue weighted by Crippen LogP contribution is -2.30. The summed E-state index contributed by atoms with van der Waals surface area (Å²) >= 11 is 0. The number of aromatic nitrogens is 2. The minimum absolute atomic E-state index is 0.0214. The van der Waals surface area contributed by atoms with Gasteiger partial charge in [-0.05, 0) is 43.5 Å². The summed E-state index contributed by atoms with van der Waals surface area (Å²) in [5.74, 6) is 2.42. The maximum Gasteiger partial charge on any atom is 0.226 e. The van der Waals surface area contributed by atoms with Crippen molar-refractivity contribution in [3.05, 3.63) is 60.4 Å². The molecule has 0 bridgehead atoms. The van der Waals surface area contributed by atoms with E-state index in [-0.39, 0.29) is 5.91 Å². The quantitative estimate of drug-likeness (QED) is 0.618. The van der Waals surface area contributed by atoms with E-state index in [0.717, 1.165) is 41.2 Å². The number of nitrogens with one attached hydrogen (secondary N) is 1. The Kier molecular flexibility index (Phi) is 5.51. The number of para-hydroxylation sites is 2. The van der Waals surface area contributed by atoms with Crippen LogP contribution in [0.5, 0.6) is 0 Å². The van der Waals surface area contributed by atoms with E-state index in [2.05, 4.69) is 29.3 Å². The second kappa shape index (κ2) is 8.38. The number of amides is 1. The van der Waals surface area contributed by atoms with Crippen molar-refractivity contribution in [3.8, 4) is 0 Å². The Labute approximate surface area is 165 Å². The maximum atomic E-state index is 12.4. The van der Waals surface area contributed by atoms with Crippen LogP contribution in [0, 0.1) is 0 Å². The third kappa shape index (κ3) is 4.30. The summed E-state index contributed by atoms with van der Waals surface area (Å²) in [5, 5.41) is 4.03. The van der Waals surface area contributed by atoms with E-state index < -0.39 is 0 Å². The van der Waals surface area contributed by atoms with Crippen molar-refractivity contribution in [1.82, 2.24) is 9.97 Å². The summed E-state index contributed by atoms with van der Waals surface area (Å²) in [7, 11) is 0. The predicted molar refractivity (Wildman–Crippen MR) is 114 cm³/mol. The molecular weight excluding hydrogens is 348 g/mol. The number of carbonyl (C=O) groups excluding carboxylic acids is 1. The molecule has 1 heterocycles. The molecule has 1 fully saturated rings. The Morgan fingerprint density at radius 1 is 1.04 bits per heavy atom. The average Bonchev–Trinajstić information content (AvgIpc) is 3.56. The van der Waals surface area contributed by atoms with Gasteiger partial charge in [-0.1, -0.05) is 37.3 Å². The van der Waals surface area contributed by atoms with E-state index in [1.165, 1.54) is 12.8 Å². The summed E-state index contributed by atoms with van der Waals surface area (Å²) in [5.41, 5.74) is 1.82. The number of nitrogens with zero attached hydrogens (tertiary/aromatic N) is 3. The van der Waals surface area contributed by atoms with E-state index in [1.807, 2.05) is 42.5 Å². The first-order valence-electron chi connectivity index (χ1n) is 10.1. The summed E-state index contributed by atoms with van der Waals surface area (Å²) in [6, 6.07) is 17.8. The lowest BCUT2D eigenvalue weighted by Gasteiger charge is -2.25. The van der Waals surface area contributed by atoms with Gasteiger partial charge in [0, 0.05) is 36.5 Å². The fourth-order valence-corrected chi connectivity index (χ4v) is 3.42. The number of carbonyl (C=O) groups is 1. The SMILES string of the molecule is CCCN(CCC(=O)Nc1ccccc1)c1nc(C2CC2)nc2ccccc12. The largest absolute Gasteiger partial charge is 0.355 e. The molecule has 3 aromatic rings. The zero-order chi connectivity index (χ0) is 19.3. The van der Waals surface area contributed by atoms with Crippen LogP contribution in [0.4, 0.5) is 11.5 Å². The fraction of sp³-hybridized carbons (Fsp3) is 0.348. The first kappa shape index (κ1) is 18.4. The molecule has 1 aliphatic rings. The van der Waals surface area contributed by atoms with Crippen LogP contribution < -0.4 is 10.2 Å². The Morgan fingerprint density at radius 2 is 1.79 bits per heavy atom. The monoisotopic (exact) mass is 374 g/mol. The van der Waals surface area contributed by atoms with E-state index >= 15 is 0 Å². The molecule has 0 atom stereocenters. The molecule has 0 aliphatic heterocycles. The van der Waals surface area contributed by atoms with Crippen molar-refractivity contribution < 1.29 is 4.79 Å². The van der Waals surface area contributed by atoms with Crippen molar-refractivity contribution in [2.24, 2.45) is 0 Å². The van der Waals surface area contributed by atoms with Gasteiger partial charge < -0.3 is 10.2 Å². The fourth-order valence-electron chi connectivity index (χ4n) is 3.42. The Hall–Kier alpha value is -2.95. The predicted octanol–water partition coefficient (Wildman–Crippen LogP) is 4.75. The molecule has 4 rings (SSSR count). The van der Waals surface area contributed by atoms with Gasteiger partial charge >= 0.3 is 0 Å². The van der Waals surface area contributed by atoms with Gasteiger partial charge in [-0.15, -0.1) is 0 Å². The summed E-state index contributed by atoms with van der Waals surface area (Å²) in [6.07, 6.45) is 3.76. The molecule has 1 amide bonds. The lowest BCUT2D eigenvalue weighted by molar-refractivity contribution is -0.116. The topological polar surface area (TPSA) is 58.1 Å². The third-order valence-corrected chi connectivity index (χ3v) is 5.00. The number of benzene rings is 2. The molecule has 1 aliphatic carbocycles. The van der Waals surface area contributed by atoms with Gasteiger partial charge in [-0.3, -0.25) is 4.79 Å². The van der Waals surface area contributed by atoms with Gasteiger partial charge in [-0.25, -0.2) is 9.97 Å². The lowest BCUT2D eigenvalue weighted by atomic mass is 10.2. The highest BCUT2D eigenvalue weighted by Gasteiger charge is 2.28.